The van der Waals surface area contributed by atoms with Gasteiger partial charge in [-0.25, -0.2) is 14.4 Å². The highest BCUT2D eigenvalue weighted by molar-refractivity contribution is 6.31. The van der Waals surface area contributed by atoms with Crippen LogP contribution in [-0.4, -0.2) is 72.9 Å². The Balaban J connectivity index is 1.39. The fraction of sp³-hybridized carbons (Fsp3) is 0.393. The van der Waals surface area contributed by atoms with Crippen LogP contribution in [0.5, 0.6) is 5.75 Å². The monoisotopic (exact) mass is 555 g/mol. The van der Waals surface area contributed by atoms with E-state index in [2.05, 4.69) is 25.5 Å². The number of carbonyl (C=O) groups is 1. The first-order chi connectivity index (χ1) is 19.0. The van der Waals surface area contributed by atoms with E-state index in [-0.39, 0.29) is 17.0 Å². The average Bonchev–Trinajstić information content (AvgIpc) is 3.21. The molecule has 2 aromatic carbocycles. The van der Waals surface area contributed by atoms with Crippen LogP contribution < -0.4 is 15.4 Å². The molecule has 0 bridgehead atoms. The van der Waals surface area contributed by atoms with Gasteiger partial charge in [0, 0.05) is 62.3 Å². The summed E-state index contributed by atoms with van der Waals surface area (Å²) in [6, 6.07) is 7.92. The Morgan fingerprint density at radius 3 is 2.82 bits per heavy atom. The number of fused-ring (bicyclic) bond motifs is 1. The van der Waals surface area contributed by atoms with Crippen molar-refractivity contribution in [1.29, 1.82) is 0 Å². The van der Waals surface area contributed by atoms with Gasteiger partial charge in [-0.2, -0.15) is 0 Å². The highest BCUT2D eigenvalue weighted by atomic mass is 35.5. The minimum absolute atomic E-state index is 0.00190. The average molecular weight is 556 g/mol. The van der Waals surface area contributed by atoms with E-state index in [9.17, 15) is 9.18 Å². The number of ether oxygens (including phenoxy) is 3. The predicted octanol–water partition coefficient (Wildman–Crippen LogP) is 4.94. The van der Waals surface area contributed by atoms with Crippen LogP contribution in [0.4, 0.5) is 21.6 Å². The number of aromatic nitrogens is 2. The van der Waals surface area contributed by atoms with Gasteiger partial charge in [0.15, 0.2) is 0 Å². The van der Waals surface area contributed by atoms with E-state index in [1.54, 1.807) is 18.2 Å². The minimum Gasteiger partial charge on any atom is -0.488 e. The van der Waals surface area contributed by atoms with Gasteiger partial charge in [0.05, 0.1) is 36.0 Å². The maximum absolute atomic E-state index is 13.7. The van der Waals surface area contributed by atoms with Gasteiger partial charge in [0.2, 0.25) is 5.91 Å². The summed E-state index contributed by atoms with van der Waals surface area (Å²) >= 11 is 5.96. The standard InChI is InChI=1S/C28H31ClFN5O4/c29-22-15-19(4-5-23(22)30)33-28-21-16-25(34-27(36)3-1-8-35-9-2-11-37-14-10-35)26(17-24(21)31-18-32-28)39-20-6-12-38-13-7-20/h1,3-5,15-18,20H,2,6-14H2,(H,34,36)(H,31,32,33). The Kier molecular flexibility index (Phi) is 9.20. The molecule has 0 saturated carbocycles. The molecule has 206 valence electrons. The smallest absolute Gasteiger partial charge is 0.248 e. The summed E-state index contributed by atoms with van der Waals surface area (Å²) in [6.45, 7) is 5.17. The van der Waals surface area contributed by atoms with Gasteiger partial charge in [0.25, 0.3) is 0 Å². The Morgan fingerprint density at radius 1 is 1.13 bits per heavy atom. The van der Waals surface area contributed by atoms with Crippen molar-refractivity contribution in [3.05, 3.63) is 59.7 Å². The summed E-state index contributed by atoms with van der Waals surface area (Å²) in [4.78, 5) is 24.0. The maximum atomic E-state index is 13.7. The number of nitrogens with zero attached hydrogens (tertiary/aromatic N) is 3. The van der Waals surface area contributed by atoms with E-state index in [0.29, 0.717) is 60.2 Å². The second kappa shape index (κ2) is 13.2. The highest BCUT2D eigenvalue weighted by Crippen LogP contribution is 2.35. The predicted molar refractivity (Wildman–Crippen MR) is 148 cm³/mol. The summed E-state index contributed by atoms with van der Waals surface area (Å²) in [7, 11) is 0. The van der Waals surface area contributed by atoms with E-state index in [4.69, 9.17) is 25.8 Å². The Hall–Kier alpha value is -3.31. The third-order valence-corrected chi connectivity index (χ3v) is 6.88. The van der Waals surface area contributed by atoms with Gasteiger partial charge in [-0.3, -0.25) is 9.69 Å². The van der Waals surface area contributed by atoms with Crippen molar-refractivity contribution in [2.75, 3.05) is 56.7 Å². The number of hydrogen-bond acceptors (Lipinski definition) is 8. The molecule has 11 heteroatoms. The van der Waals surface area contributed by atoms with Gasteiger partial charge in [-0.1, -0.05) is 17.7 Å². The lowest BCUT2D eigenvalue weighted by atomic mass is 10.1. The first-order valence-electron chi connectivity index (χ1n) is 13.1. The molecule has 1 amide bonds. The number of halogens is 2. The van der Waals surface area contributed by atoms with Crippen molar-refractivity contribution in [2.24, 2.45) is 0 Å². The molecule has 2 aliphatic rings. The molecule has 1 aromatic heterocycles. The molecular formula is C28H31ClFN5O4. The van der Waals surface area contributed by atoms with Crippen LogP contribution in [0.1, 0.15) is 19.3 Å². The van der Waals surface area contributed by atoms with Crippen molar-refractivity contribution in [2.45, 2.75) is 25.4 Å². The van der Waals surface area contributed by atoms with Crippen LogP contribution in [0.15, 0.2) is 48.8 Å². The summed E-state index contributed by atoms with van der Waals surface area (Å²) in [5.41, 5.74) is 1.69. The topological polar surface area (TPSA) is 97.8 Å². The van der Waals surface area contributed by atoms with Crippen molar-refractivity contribution in [1.82, 2.24) is 14.9 Å². The summed E-state index contributed by atoms with van der Waals surface area (Å²) in [5.74, 6) is 0.228. The molecule has 0 spiro atoms. The Bertz CT molecular complexity index is 1330. The minimum atomic E-state index is -0.508. The molecule has 39 heavy (non-hydrogen) atoms. The first-order valence-corrected chi connectivity index (χ1v) is 13.5. The van der Waals surface area contributed by atoms with Crippen LogP contribution in [0, 0.1) is 5.82 Å². The zero-order valence-corrected chi connectivity index (χ0v) is 22.3. The lowest BCUT2D eigenvalue weighted by Crippen LogP contribution is -2.27. The van der Waals surface area contributed by atoms with Crippen LogP contribution in [-0.2, 0) is 14.3 Å². The molecule has 2 aliphatic heterocycles. The number of nitrogens with one attached hydrogen (secondary N) is 2. The maximum Gasteiger partial charge on any atom is 0.248 e. The third-order valence-electron chi connectivity index (χ3n) is 6.59. The molecule has 5 rings (SSSR count). The van der Waals surface area contributed by atoms with Crippen LogP contribution in [0.2, 0.25) is 5.02 Å². The van der Waals surface area contributed by atoms with Crippen LogP contribution in [0.3, 0.4) is 0 Å². The molecule has 2 N–H and O–H groups in total. The first kappa shape index (κ1) is 27.3. The van der Waals surface area contributed by atoms with E-state index in [1.165, 1.54) is 24.5 Å². The normalized spacial score (nSPS) is 17.3. The molecule has 2 saturated heterocycles. The molecule has 0 unspecified atom stereocenters. The van der Waals surface area contributed by atoms with Crippen molar-refractivity contribution in [3.63, 3.8) is 0 Å². The second-order valence-electron chi connectivity index (χ2n) is 9.43. The van der Waals surface area contributed by atoms with Gasteiger partial charge in [-0.15, -0.1) is 0 Å². The second-order valence-corrected chi connectivity index (χ2v) is 9.84. The number of rotatable bonds is 8. The molecule has 0 radical (unpaired) electrons. The van der Waals surface area contributed by atoms with Crippen molar-refractivity contribution >= 4 is 45.6 Å². The number of amides is 1. The number of carbonyl (C=O) groups excluding carboxylic acids is 1. The van der Waals surface area contributed by atoms with Crippen molar-refractivity contribution < 1.29 is 23.4 Å². The van der Waals surface area contributed by atoms with E-state index in [1.807, 2.05) is 6.08 Å². The fourth-order valence-corrected chi connectivity index (χ4v) is 4.71. The third kappa shape index (κ3) is 7.42. The SMILES string of the molecule is O=C(C=CCN1CCCOCC1)Nc1cc2c(Nc3ccc(F)c(Cl)c3)ncnc2cc1OC1CCOCC1. The number of anilines is 3. The molecular weight excluding hydrogens is 525 g/mol. The van der Waals surface area contributed by atoms with E-state index in [0.717, 1.165) is 39.0 Å². The van der Waals surface area contributed by atoms with Crippen LogP contribution >= 0.6 is 11.6 Å². The zero-order valence-electron chi connectivity index (χ0n) is 21.5. The number of hydrogen-bond donors (Lipinski definition) is 2. The van der Waals surface area contributed by atoms with Gasteiger partial charge < -0.3 is 24.8 Å². The van der Waals surface area contributed by atoms with Gasteiger partial charge >= 0.3 is 0 Å². The number of benzene rings is 2. The molecule has 2 fully saturated rings. The molecule has 3 aromatic rings. The zero-order chi connectivity index (χ0) is 27.0. The Labute approximate surface area is 231 Å². The van der Waals surface area contributed by atoms with Crippen LogP contribution in [0.25, 0.3) is 10.9 Å². The Morgan fingerprint density at radius 2 is 1.97 bits per heavy atom. The lowest BCUT2D eigenvalue weighted by molar-refractivity contribution is -0.112. The highest BCUT2D eigenvalue weighted by Gasteiger charge is 2.20. The summed E-state index contributed by atoms with van der Waals surface area (Å²) in [6.07, 6.45) is 7.29. The van der Waals surface area contributed by atoms with E-state index < -0.39 is 5.82 Å². The van der Waals surface area contributed by atoms with Crippen molar-refractivity contribution in [3.8, 4) is 5.75 Å². The summed E-state index contributed by atoms with van der Waals surface area (Å²) < 4.78 is 30.9. The van der Waals surface area contributed by atoms with Gasteiger partial charge in [0.1, 0.15) is 29.8 Å². The molecule has 3 heterocycles. The molecule has 9 nitrogen and oxygen atoms in total. The largest absolute Gasteiger partial charge is 0.488 e. The summed E-state index contributed by atoms with van der Waals surface area (Å²) in [5, 5.41) is 6.79. The van der Waals surface area contributed by atoms with Gasteiger partial charge in [-0.05, 0) is 30.7 Å². The molecule has 0 aliphatic carbocycles. The molecule has 0 atom stereocenters. The fourth-order valence-electron chi connectivity index (χ4n) is 4.53. The lowest BCUT2D eigenvalue weighted by Gasteiger charge is -2.25. The quantitative estimate of drug-likeness (QED) is 0.377. The van der Waals surface area contributed by atoms with E-state index >= 15 is 0 Å².